The summed E-state index contributed by atoms with van der Waals surface area (Å²) in [5, 5.41) is 6.94. The molecule has 0 aliphatic carbocycles. The van der Waals surface area contributed by atoms with E-state index in [-0.39, 0.29) is 11.9 Å². The van der Waals surface area contributed by atoms with Crippen LogP contribution in [0.3, 0.4) is 0 Å². The average molecular weight is 273 g/mol. The van der Waals surface area contributed by atoms with Crippen molar-refractivity contribution in [2.45, 2.75) is 26.3 Å². The molecule has 1 atom stereocenters. The van der Waals surface area contributed by atoms with E-state index >= 15 is 0 Å². The maximum atomic E-state index is 12.0. The van der Waals surface area contributed by atoms with Crippen molar-refractivity contribution in [2.75, 3.05) is 6.54 Å². The summed E-state index contributed by atoms with van der Waals surface area (Å²) in [5.41, 5.74) is 8.16. The van der Waals surface area contributed by atoms with Gasteiger partial charge in [-0.2, -0.15) is 5.10 Å². The highest BCUT2D eigenvalue weighted by Gasteiger charge is 2.09. The molecule has 0 radical (unpaired) electrons. The molecule has 2 rings (SSSR count). The van der Waals surface area contributed by atoms with Crippen LogP contribution in [-0.2, 0) is 0 Å². The van der Waals surface area contributed by atoms with Gasteiger partial charge in [-0.15, -0.1) is 0 Å². The van der Waals surface area contributed by atoms with Crippen molar-refractivity contribution < 1.29 is 4.79 Å². The SMILES string of the molecule is Cc1cc(C(=O)NCCC(C)N)ccc1-n1cncn1. The lowest BCUT2D eigenvalue weighted by atomic mass is 10.1. The molecule has 0 aliphatic rings. The first-order chi connectivity index (χ1) is 9.58. The summed E-state index contributed by atoms with van der Waals surface area (Å²) in [6, 6.07) is 5.58. The summed E-state index contributed by atoms with van der Waals surface area (Å²) >= 11 is 0. The van der Waals surface area contributed by atoms with Crippen LogP contribution in [0.15, 0.2) is 30.9 Å². The Hall–Kier alpha value is -2.21. The Balaban J connectivity index is 2.07. The Morgan fingerprint density at radius 3 is 2.90 bits per heavy atom. The Labute approximate surface area is 118 Å². The minimum atomic E-state index is -0.0844. The number of rotatable bonds is 5. The minimum Gasteiger partial charge on any atom is -0.352 e. The largest absolute Gasteiger partial charge is 0.352 e. The lowest BCUT2D eigenvalue weighted by Crippen LogP contribution is -2.29. The van der Waals surface area contributed by atoms with Crippen molar-refractivity contribution in [3.05, 3.63) is 42.0 Å². The molecular weight excluding hydrogens is 254 g/mol. The topological polar surface area (TPSA) is 85.8 Å². The van der Waals surface area contributed by atoms with E-state index in [9.17, 15) is 4.79 Å². The van der Waals surface area contributed by atoms with Gasteiger partial charge in [-0.3, -0.25) is 4.79 Å². The van der Waals surface area contributed by atoms with Crippen molar-refractivity contribution in [1.82, 2.24) is 20.1 Å². The summed E-state index contributed by atoms with van der Waals surface area (Å²) < 4.78 is 1.67. The molecule has 0 saturated heterocycles. The zero-order chi connectivity index (χ0) is 14.5. The third kappa shape index (κ3) is 3.42. The predicted octanol–water partition coefficient (Wildman–Crippen LogP) is 1.04. The number of nitrogens with one attached hydrogen (secondary N) is 1. The van der Waals surface area contributed by atoms with Gasteiger partial charge in [0.05, 0.1) is 5.69 Å². The number of carbonyl (C=O) groups excluding carboxylic acids is 1. The second-order valence-corrected chi connectivity index (χ2v) is 4.86. The van der Waals surface area contributed by atoms with Crippen LogP contribution in [-0.4, -0.2) is 33.3 Å². The first-order valence-corrected chi connectivity index (χ1v) is 6.57. The first kappa shape index (κ1) is 14.2. The maximum Gasteiger partial charge on any atom is 0.251 e. The van der Waals surface area contributed by atoms with E-state index in [0.29, 0.717) is 12.1 Å². The maximum absolute atomic E-state index is 12.0. The number of amides is 1. The van der Waals surface area contributed by atoms with E-state index in [4.69, 9.17) is 5.73 Å². The lowest BCUT2D eigenvalue weighted by molar-refractivity contribution is 0.0952. The molecule has 106 valence electrons. The van der Waals surface area contributed by atoms with Crippen molar-refractivity contribution >= 4 is 5.91 Å². The van der Waals surface area contributed by atoms with Crippen LogP contribution in [0.5, 0.6) is 0 Å². The molecule has 0 fully saturated rings. The standard InChI is InChI=1S/C14H19N5O/c1-10-7-12(14(20)17-6-5-11(2)15)3-4-13(10)19-9-16-8-18-19/h3-4,7-9,11H,5-6,15H2,1-2H3,(H,17,20). The fraction of sp³-hybridized carbons (Fsp3) is 0.357. The Morgan fingerprint density at radius 2 is 2.30 bits per heavy atom. The van der Waals surface area contributed by atoms with Crippen LogP contribution in [0.25, 0.3) is 5.69 Å². The zero-order valence-corrected chi connectivity index (χ0v) is 11.7. The minimum absolute atomic E-state index is 0.0844. The van der Waals surface area contributed by atoms with Gasteiger partial charge < -0.3 is 11.1 Å². The van der Waals surface area contributed by atoms with Crippen LogP contribution in [0.1, 0.15) is 29.3 Å². The van der Waals surface area contributed by atoms with Gasteiger partial charge in [0.25, 0.3) is 5.91 Å². The average Bonchev–Trinajstić information content (AvgIpc) is 2.91. The number of aryl methyl sites for hydroxylation is 1. The fourth-order valence-electron chi connectivity index (χ4n) is 1.90. The fourth-order valence-corrected chi connectivity index (χ4v) is 1.90. The van der Waals surface area contributed by atoms with Crippen molar-refractivity contribution in [1.29, 1.82) is 0 Å². The summed E-state index contributed by atoms with van der Waals surface area (Å²) in [7, 11) is 0. The Bertz CT molecular complexity index is 577. The highest BCUT2D eigenvalue weighted by Crippen LogP contribution is 2.14. The monoisotopic (exact) mass is 273 g/mol. The van der Waals surface area contributed by atoms with Gasteiger partial charge in [0.15, 0.2) is 0 Å². The summed E-state index contributed by atoms with van der Waals surface area (Å²) in [5.74, 6) is -0.0844. The number of benzene rings is 1. The van der Waals surface area contributed by atoms with Gasteiger partial charge in [-0.1, -0.05) is 0 Å². The van der Waals surface area contributed by atoms with Gasteiger partial charge in [-0.05, 0) is 44.0 Å². The molecule has 1 heterocycles. The molecule has 3 N–H and O–H groups in total. The van der Waals surface area contributed by atoms with E-state index in [1.165, 1.54) is 6.33 Å². The molecule has 1 aromatic carbocycles. The normalized spacial score (nSPS) is 12.2. The van der Waals surface area contributed by atoms with Crippen LogP contribution in [0, 0.1) is 6.92 Å². The van der Waals surface area contributed by atoms with E-state index in [2.05, 4.69) is 15.4 Å². The van der Waals surface area contributed by atoms with Crippen molar-refractivity contribution in [3.8, 4) is 5.69 Å². The van der Waals surface area contributed by atoms with E-state index in [1.807, 2.05) is 26.0 Å². The molecule has 0 spiro atoms. The van der Waals surface area contributed by atoms with E-state index in [1.54, 1.807) is 17.1 Å². The molecule has 1 amide bonds. The van der Waals surface area contributed by atoms with Crippen LogP contribution in [0.4, 0.5) is 0 Å². The first-order valence-electron chi connectivity index (χ1n) is 6.57. The van der Waals surface area contributed by atoms with E-state index < -0.39 is 0 Å². The number of aromatic nitrogens is 3. The molecule has 0 bridgehead atoms. The molecule has 2 aromatic rings. The van der Waals surface area contributed by atoms with E-state index in [0.717, 1.165) is 17.7 Å². The number of carbonyl (C=O) groups is 1. The summed E-state index contributed by atoms with van der Waals surface area (Å²) in [6.07, 6.45) is 3.88. The molecular formula is C14H19N5O. The van der Waals surface area contributed by atoms with Gasteiger partial charge >= 0.3 is 0 Å². The van der Waals surface area contributed by atoms with Gasteiger partial charge in [0.1, 0.15) is 12.7 Å². The number of hydrogen-bond donors (Lipinski definition) is 2. The summed E-state index contributed by atoms with van der Waals surface area (Å²) in [4.78, 5) is 15.9. The van der Waals surface area contributed by atoms with Crippen LogP contribution < -0.4 is 11.1 Å². The molecule has 1 aromatic heterocycles. The van der Waals surface area contributed by atoms with Gasteiger partial charge in [-0.25, -0.2) is 9.67 Å². The van der Waals surface area contributed by atoms with Crippen LogP contribution >= 0.6 is 0 Å². The Kier molecular flexibility index (Phi) is 4.47. The van der Waals surface area contributed by atoms with Gasteiger partial charge in [0.2, 0.25) is 0 Å². The number of nitrogens with zero attached hydrogens (tertiary/aromatic N) is 3. The zero-order valence-electron chi connectivity index (χ0n) is 11.7. The molecule has 6 heteroatoms. The molecule has 1 unspecified atom stereocenters. The highest BCUT2D eigenvalue weighted by atomic mass is 16.1. The third-order valence-corrected chi connectivity index (χ3v) is 3.01. The third-order valence-electron chi connectivity index (χ3n) is 3.01. The molecule has 6 nitrogen and oxygen atoms in total. The van der Waals surface area contributed by atoms with Crippen molar-refractivity contribution in [2.24, 2.45) is 5.73 Å². The lowest BCUT2D eigenvalue weighted by Gasteiger charge is -2.10. The molecule has 20 heavy (non-hydrogen) atoms. The molecule has 0 saturated carbocycles. The smallest absolute Gasteiger partial charge is 0.251 e. The predicted molar refractivity (Wildman–Crippen MR) is 76.7 cm³/mol. The molecule has 0 aliphatic heterocycles. The quantitative estimate of drug-likeness (QED) is 0.852. The second-order valence-electron chi connectivity index (χ2n) is 4.86. The van der Waals surface area contributed by atoms with Gasteiger partial charge in [0, 0.05) is 18.2 Å². The summed E-state index contributed by atoms with van der Waals surface area (Å²) in [6.45, 7) is 4.44. The second kappa shape index (κ2) is 6.29. The van der Waals surface area contributed by atoms with Crippen LogP contribution in [0.2, 0.25) is 0 Å². The Morgan fingerprint density at radius 1 is 1.50 bits per heavy atom. The number of hydrogen-bond acceptors (Lipinski definition) is 4. The van der Waals surface area contributed by atoms with Crippen molar-refractivity contribution in [3.63, 3.8) is 0 Å². The highest BCUT2D eigenvalue weighted by molar-refractivity contribution is 5.94. The number of nitrogens with two attached hydrogens (primary N) is 1.